The first-order valence-electron chi connectivity index (χ1n) is 9.12. The van der Waals surface area contributed by atoms with Crippen LogP contribution in [0.1, 0.15) is 40.5 Å². The number of amides is 1. The molecule has 1 rings (SSSR count). The first-order chi connectivity index (χ1) is 13.5. The lowest BCUT2D eigenvalue weighted by atomic mass is 9.92. The molecule has 0 aromatic rings. The molecular formula is C18H29NO9S. The summed E-state index contributed by atoms with van der Waals surface area (Å²) in [5.41, 5.74) is 0. The maximum absolute atomic E-state index is 11.8. The maximum atomic E-state index is 11.8. The molecule has 166 valence electrons. The molecule has 0 radical (unpaired) electrons. The van der Waals surface area contributed by atoms with Gasteiger partial charge in [0.05, 0.1) is 12.6 Å². The van der Waals surface area contributed by atoms with Gasteiger partial charge in [0.25, 0.3) is 0 Å². The third-order valence-electron chi connectivity index (χ3n) is 4.35. The zero-order chi connectivity index (χ0) is 22.2. The molecule has 2 N–H and O–H groups in total. The van der Waals surface area contributed by atoms with E-state index in [2.05, 4.69) is 5.32 Å². The molecule has 1 heterocycles. The minimum atomic E-state index is -1.19. The summed E-state index contributed by atoms with van der Waals surface area (Å²) in [4.78, 5) is 45.4. The molecule has 0 bridgehead atoms. The van der Waals surface area contributed by atoms with Crippen molar-refractivity contribution in [3.63, 3.8) is 0 Å². The van der Waals surface area contributed by atoms with Gasteiger partial charge in [0.2, 0.25) is 5.91 Å². The number of hydrogen-bond acceptors (Lipinski definition) is 10. The van der Waals surface area contributed by atoms with Gasteiger partial charge in [0.15, 0.2) is 12.2 Å². The Bertz CT molecular complexity index is 608. The van der Waals surface area contributed by atoms with E-state index < -0.39 is 47.2 Å². The Labute approximate surface area is 174 Å². The van der Waals surface area contributed by atoms with Gasteiger partial charge in [-0.15, -0.1) is 11.8 Å². The fourth-order valence-electron chi connectivity index (χ4n) is 3.13. The lowest BCUT2D eigenvalue weighted by molar-refractivity contribution is -0.206. The van der Waals surface area contributed by atoms with Crippen molar-refractivity contribution >= 4 is 35.6 Å². The van der Waals surface area contributed by atoms with Crippen molar-refractivity contribution in [2.24, 2.45) is 0 Å². The molecule has 0 spiro atoms. The number of hydrogen-bond donors (Lipinski definition) is 2. The second-order valence-electron chi connectivity index (χ2n) is 6.73. The molecule has 10 nitrogen and oxygen atoms in total. The first kappa shape index (κ1) is 25.2. The topological polar surface area (TPSA) is 137 Å². The molecule has 1 saturated heterocycles. The quantitative estimate of drug-likeness (QED) is 0.380. The Morgan fingerprint density at radius 3 is 2.21 bits per heavy atom. The minimum absolute atomic E-state index is 0.313. The average Bonchev–Trinajstić information content (AvgIpc) is 2.63. The molecule has 5 atom stereocenters. The van der Waals surface area contributed by atoms with Crippen LogP contribution in [0.15, 0.2) is 0 Å². The highest BCUT2D eigenvalue weighted by atomic mass is 32.2. The number of thioether (sulfide) groups is 1. The van der Waals surface area contributed by atoms with Crippen molar-refractivity contribution in [1.82, 2.24) is 5.32 Å². The highest BCUT2D eigenvalue weighted by Crippen LogP contribution is 2.39. The first-order valence-corrected chi connectivity index (χ1v) is 10.3. The Balaban J connectivity index is 3.32. The number of nitrogens with one attached hydrogen (secondary N) is 1. The molecule has 29 heavy (non-hydrogen) atoms. The Morgan fingerprint density at radius 2 is 1.76 bits per heavy atom. The highest BCUT2D eigenvalue weighted by Gasteiger charge is 2.49. The van der Waals surface area contributed by atoms with E-state index in [0.717, 1.165) is 0 Å². The van der Waals surface area contributed by atoms with Crippen molar-refractivity contribution < 1.29 is 43.2 Å². The molecule has 0 aliphatic carbocycles. The second-order valence-corrected chi connectivity index (χ2v) is 7.88. The van der Waals surface area contributed by atoms with E-state index in [1.807, 2.05) is 0 Å². The van der Waals surface area contributed by atoms with Crippen LogP contribution in [0.25, 0.3) is 0 Å². The monoisotopic (exact) mass is 435 g/mol. The Hall–Kier alpha value is -1.85. The van der Waals surface area contributed by atoms with Crippen LogP contribution in [0.4, 0.5) is 0 Å². The van der Waals surface area contributed by atoms with Crippen molar-refractivity contribution in [2.45, 2.75) is 69.8 Å². The molecule has 1 unspecified atom stereocenters. The van der Waals surface area contributed by atoms with Gasteiger partial charge in [0.1, 0.15) is 17.6 Å². The van der Waals surface area contributed by atoms with E-state index in [4.69, 9.17) is 18.9 Å². The number of aliphatic hydroxyl groups excluding tert-OH is 1. The third-order valence-corrected chi connectivity index (χ3v) is 5.52. The fraction of sp³-hybridized carbons (Fsp3) is 0.778. The van der Waals surface area contributed by atoms with E-state index in [9.17, 15) is 24.3 Å². The summed E-state index contributed by atoms with van der Waals surface area (Å²) in [7, 11) is 0. The van der Waals surface area contributed by atoms with Gasteiger partial charge in [-0.2, -0.15) is 0 Å². The molecule has 11 heteroatoms. The zero-order valence-corrected chi connectivity index (χ0v) is 18.1. The van der Waals surface area contributed by atoms with Gasteiger partial charge in [-0.25, -0.2) is 0 Å². The molecule has 0 aromatic carbocycles. The van der Waals surface area contributed by atoms with Gasteiger partial charge < -0.3 is 29.4 Å². The summed E-state index contributed by atoms with van der Waals surface area (Å²) < 4.78 is 21.7. The van der Waals surface area contributed by atoms with Crippen LogP contribution in [0, 0.1) is 0 Å². The lowest BCUT2D eigenvalue weighted by Crippen LogP contribution is -2.61. The number of carbonyl (C=O) groups is 4. The molecular weight excluding hydrogens is 406 g/mol. The molecule has 1 aliphatic rings. The molecule has 1 fully saturated rings. The standard InChI is InChI=1S/C18H29NO9S/c1-10(21)19-14-6-7-18(9-20,29-5)28-16(14)17(27-13(4)24)15(26-12(3)23)8-25-11(2)22/h14-17,20H,6-9H2,1-5H3,(H,19,21)/t14-,15-,16-,17-,18?/m1/s1. The van der Waals surface area contributed by atoms with E-state index >= 15 is 0 Å². The Kier molecular flexibility index (Phi) is 9.87. The van der Waals surface area contributed by atoms with Crippen molar-refractivity contribution in [1.29, 1.82) is 0 Å². The number of ether oxygens (including phenoxy) is 4. The molecule has 1 amide bonds. The van der Waals surface area contributed by atoms with Crippen molar-refractivity contribution in [3.05, 3.63) is 0 Å². The maximum Gasteiger partial charge on any atom is 0.303 e. The minimum Gasteiger partial charge on any atom is -0.462 e. The van der Waals surface area contributed by atoms with Crippen LogP contribution in [-0.4, -0.2) is 77.7 Å². The molecule has 1 aliphatic heterocycles. The van der Waals surface area contributed by atoms with Gasteiger partial charge in [-0.1, -0.05) is 0 Å². The number of carbonyl (C=O) groups excluding carboxylic acids is 4. The van der Waals surface area contributed by atoms with E-state index in [0.29, 0.717) is 12.8 Å². The average molecular weight is 435 g/mol. The number of rotatable bonds is 9. The Morgan fingerprint density at radius 1 is 1.14 bits per heavy atom. The van der Waals surface area contributed by atoms with Crippen LogP contribution >= 0.6 is 11.8 Å². The summed E-state index contributed by atoms with van der Waals surface area (Å²) in [6.07, 6.45) is -0.708. The van der Waals surface area contributed by atoms with Gasteiger partial charge >= 0.3 is 17.9 Å². The summed E-state index contributed by atoms with van der Waals surface area (Å²) in [6, 6.07) is -0.584. The fourth-order valence-corrected chi connectivity index (χ4v) is 3.78. The lowest BCUT2D eigenvalue weighted by Gasteiger charge is -2.46. The summed E-state index contributed by atoms with van der Waals surface area (Å²) >= 11 is 1.28. The van der Waals surface area contributed by atoms with Crippen LogP contribution in [0.5, 0.6) is 0 Å². The van der Waals surface area contributed by atoms with E-state index in [1.165, 1.54) is 39.5 Å². The van der Waals surface area contributed by atoms with Crippen LogP contribution in [0.3, 0.4) is 0 Å². The summed E-state index contributed by atoms with van der Waals surface area (Å²) in [5.74, 6) is -2.29. The van der Waals surface area contributed by atoms with E-state index in [-0.39, 0.29) is 19.1 Å². The van der Waals surface area contributed by atoms with Crippen LogP contribution in [0.2, 0.25) is 0 Å². The van der Waals surface area contributed by atoms with Crippen LogP contribution < -0.4 is 5.32 Å². The molecule has 0 saturated carbocycles. The number of esters is 3. The highest BCUT2D eigenvalue weighted by molar-refractivity contribution is 7.99. The SMILES string of the molecule is CSC1(CO)CC[C@@H](NC(C)=O)[C@H]([C@H](OC(C)=O)[C@@H](COC(C)=O)OC(C)=O)O1. The van der Waals surface area contributed by atoms with Crippen LogP contribution in [-0.2, 0) is 38.1 Å². The largest absolute Gasteiger partial charge is 0.462 e. The summed E-state index contributed by atoms with van der Waals surface area (Å²) in [6.45, 7) is 4.18. The predicted octanol–water partition coefficient (Wildman–Crippen LogP) is 0.148. The van der Waals surface area contributed by atoms with Gasteiger partial charge in [-0.3, -0.25) is 19.2 Å². The molecule has 0 aromatic heterocycles. The van der Waals surface area contributed by atoms with Crippen molar-refractivity contribution in [3.8, 4) is 0 Å². The zero-order valence-electron chi connectivity index (χ0n) is 17.3. The summed E-state index contributed by atoms with van der Waals surface area (Å²) in [5, 5.41) is 12.6. The normalized spacial score (nSPS) is 26.0. The van der Waals surface area contributed by atoms with Crippen molar-refractivity contribution in [2.75, 3.05) is 19.5 Å². The van der Waals surface area contributed by atoms with Gasteiger partial charge in [-0.05, 0) is 19.1 Å². The smallest absolute Gasteiger partial charge is 0.303 e. The predicted molar refractivity (Wildman–Crippen MR) is 103 cm³/mol. The van der Waals surface area contributed by atoms with E-state index in [1.54, 1.807) is 6.26 Å². The second kappa shape index (κ2) is 11.4. The van der Waals surface area contributed by atoms with Gasteiger partial charge in [0, 0.05) is 27.7 Å². The third kappa shape index (κ3) is 7.82. The number of aliphatic hydroxyl groups is 1.